The smallest absolute Gasteiger partial charge is 0.269 e. The quantitative estimate of drug-likeness (QED) is 0.694. The van der Waals surface area contributed by atoms with Gasteiger partial charge >= 0.3 is 0 Å². The number of Topliss-reactive ketones (excluding diaryl/α,β-unsaturated/α-hetero) is 1. The molecular weight excluding hydrogens is 290 g/mol. The maximum Gasteiger partial charge on any atom is 0.269 e. The SMILES string of the molecule is CN(C)c1cnn(CC(=O)c2ccc3ccccc3c2)c(=O)c1. The number of hydrogen-bond donors (Lipinski definition) is 0. The van der Waals surface area contributed by atoms with E-state index in [1.807, 2.05) is 50.5 Å². The van der Waals surface area contributed by atoms with Crippen molar-refractivity contribution < 1.29 is 4.79 Å². The molecule has 1 heterocycles. The normalized spacial score (nSPS) is 10.7. The summed E-state index contributed by atoms with van der Waals surface area (Å²) in [4.78, 5) is 26.3. The molecule has 0 aliphatic heterocycles. The Morgan fingerprint density at radius 2 is 1.83 bits per heavy atom. The van der Waals surface area contributed by atoms with Crippen molar-refractivity contribution in [1.29, 1.82) is 0 Å². The van der Waals surface area contributed by atoms with E-state index < -0.39 is 0 Å². The predicted molar refractivity (Wildman–Crippen MR) is 91.1 cm³/mol. The Bertz CT molecular complexity index is 929. The van der Waals surface area contributed by atoms with E-state index in [1.54, 1.807) is 17.2 Å². The molecule has 1 aromatic heterocycles. The molecule has 0 radical (unpaired) electrons. The van der Waals surface area contributed by atoms with Crippen molar-refractivity contribution in [2.45, 2.75) is 6.54 Å². The third-order valence-corrected chi connectivity index (χ3v) is 3.74. The van der Waals surface area contributed by atoms with Gasteiger partial charge in [-0.05, 0) is 16.8 Å². The second-order valence-corrected chi connectivity index (χ2v) is 5.59. The van der Waals surface area contributed by atoms with Crippen molar-refractivity contribution in [1.82, 2.24) is 9.78 Å². The van der Waals surface area contributed by atoms with Crippen molar-refractivity contribution in [2.75, 3.05) is 19.0 Å². The summed E-state index contributed by atoms with van der Waals surface area (Å²) in [7, 11) is 3.67. The number of ketones is 1. The number of fused-ring (bicyclic) bond motifs is 1. The van der Waals surface area contributed by atoms with Crippen LogP contribution in [0.15, 0.2) is 59.5 Å². The first-order valence-electron chi connectivity index (χ1n) is 7.31. The van der Waals surface area contributed by atoms with Crippen molar-refractivity contribution in [3.8, 4) is 0 Å². The van der Waals surface area contributed by atoms with Crippen LogP contribution in [0.2, 0.25) is 0 Å². The Kier molecular flexibility index (Phi) is 3.93. The van der Waals surface area contributed by atoms with E-state index in [4.69, 9.17) is 0 Å². The molecule has 0 N–H and O–H groups in total. The van der Waals surface area contributed by atoms with Crippen LogP contribution in [0.25, 0.3) is 10.8 Å². The minimum absolute atomic E-state index is 0.0646. The Morgan fingerprint density at radius 3 is 2.52 bits per heavy atom. The van der Waals surface area contributed by atoms with Crippen molar-refractivity contribution in [3.05, 3.63) is 70.6 Å². The minimum Gasteiger partial charge on any atom is -0.376 e. The van der Waals surface area contributed by atoms with Crippen LogP contribution in [0.5, 0.6) is 0 Å². The highest BCUT2D eigenvalue weighted by Gasteiger charge is 2.10. The van der Waals surface area contributed by atoms with Gasteiger partial charge in [0.2, 0.25) is 0 Å². The number of carbonyl (C=O) groups excluding carboxylic acids is 1. The molecule has 3 rings (SSSR count). The second kappa shape index (κ2) is 6.04. The zero-order chi connectivity index (χ0) is 16.4. The van der Waals surface area contributed by atoms with Gasteiger partial charge in [0.15, 0.2) is 5.78 Å². The van der Waals surface area contributed by atoms with Crippen LogP contribution >= 0.6 is 0 Å². The maximum absolute atomic E-state index is 12.4. The van der Waals surface area contributed by atoms with Crippen LogP contribution in [-0.2, 0) is 6.54 Å². The minimum atomic E-state index is -0.287. The average molecular weight is 307 g/mol. The van der Waals surface area contributed by atoms with Crippen LogP contribution in [-0.4, -0.2) is 29.7 Å². The first kappa shape index (κ1) is 15.0. The molecule has 116 valence electrons. The van der Waals surface area contributed by atoms with E-state index in [1.165, 1.54) is 10.7 Å². The van der Waals surface area contributed by atoms with Crippen LogP contribution in [0.4, 0.5) is 5.69 Å². The maximum atomic E-state index is 12.4. The fraction of sp³-hybridized carbons (Fsp3) is 0.167. The standard InChI is InChI=1S/C18H17N3O2/c1-20(2)16-10-18(23)21(19-11-16)12-17(22)15-8-7-13-5-3-4-6-14(13)9-15/h3-11H,12H2,1-2H3. The molecule has 5 heteroatoms. The largest absolute Gasteiger partial charge is 0.376 e. The van der Waals surface area contributed by atoms with E-state index in [-0.39, 0.29) is 17.9 Å². The van der Waals surface area contributed by atoms with E-state index in [2.05, 4.69) is 5.10 Å². The van der Waals surface area contributed by atoms with Crippen LogP contribution in [0.3, 0.4) is 0 Å². The van der Waals surface area contributed by atoms with Crippen LogP contribution in [0, 0.1) is 0 Å². The van der Waals surface area contributed by atoms with E-state index in [9.17, 15) is 9.59 Å². The van der Waals surface area contributed by atoms with Gasteiger partial charge in [-0.15, -0.1) is 0 Å². The molecule has 0 fully saturated rings. The predicted octanol–water partition coefficient (Wildman–Crippen LogP) is 2.35. The lowest BCUT2D eigenvalue weighted by Gasteiger charge is -2.12. The molecular formula is C18H17N3O2. The number of hydrogen-bond acceptors (Lipinski definition) is 4. The highest BCUT2D eigenvalue weighted by Crippen LogP contribution is 2.16. The second-order valence-electron chi connectivity index (χ2n) is 5.59. The molecule has 0 aliphatic rings. The third kappa shape index (κ3) is 3.13. The van der Waals surface area contributed by atoms with Gasteiger partial charge in [-0.3, -0.25) is 9.59 Å². The van der Waals surface area contributed by atoms with Gasteiger partial charge in [0.25, 0.3) is 5.56 Å². The summed E-state index contributed by atoms with van der Waals surface area (Å²) in [6.07, 6.45) is 1.58. The van der Waals surface area contributed by atoms with Crippen molar-refractivity contribution >= 4 is 22.2 Å². The van der Waals surface area contributed by atoms with Crippen LogP contribution < -0.4 is 10.5 Å². The van der Waals surface area contributed by atoms with Gasteiger partial charge in [-0.2, -0.15) is 5.10 Å². The van der Waals surface area contributed by atoms with Gasteiger partial charge in [0, 0.05) is 25.7 Å². The van der Waals surface area contributed by atoms with Crippen LogP contribution in [0.1, 0.15) is 10.4 Å². The fourth-order valence-corrected chi connectivity index (χ4v) is 2.38. The summed E-state index contributed by atoms with van der Waals surface area (Å²) >= 11 is 0. The summed E-state index contributed by atoms with van der Waals surface area (Å²) in [5.41, 5.74) is 1.00. The lowest BCUT2D eigenvalue weighted by molar-refractivity contribution is 0.0966. The number of nitrogens with zero attached hydrogens (tertiary/aromatic N) is 3. The molecule has 5 nitrogen and oxygen atoms in total. The summed E-state index contributed by atoms with van der Waals surface area (Å²) in [6, 6.07) is 14.9. The first-order valence-corrected chi connectivity index (χ1v) is 7.31. The van der Waals surface area contributed by atoms with Gasteiger partial charge in [-0.25, -0.2) is 4.68 Å². The number of anilines is 1. The lowest BCUT2D eigenvalue weighted by atomic mass is 10.0. The average Bonchev–Trinajstić information content (AvgIpc) is 2.56. The number of carbonyl (C=O) groups is 1. The summed E-state index contributed by atoms with van der Waals surface area (Å²) in [5, 5.41) is 6.15. The molecule has 0 saturated heterocycles. The Hall–Kier alpha value is -2.95. The monoisotopic (exact) mass is 307 g/mol. The van der Waals surface area contributed by atoms with Gasteiger partial charge in [0.1, 0.15) is 6.54 Å². The Balaban J connectivity index is 1.87. The topological polar surface area (TPSA) is 55.2 Å². The number of aromatic nitrogens is 2. The summed E-state index contributed by atoms with van der Waals surface area (Å²) < 4.78 is 1.19. The lowest BCUT2D eigenvalue weighted by Crippen LogP contribution is -2.27. The Morgan fingerprint density at radius 1 is 1.09 bits per heavy atom. The molecule has 2 aromatic carbocycles. The summed E-state index contributed by atoms with van der Waals surface area (Å²) in [5.74, 6) is -0.136. The zero-order valence-electron chi connectivity index (χ0n) is 13.1. The fourth-order valence-electron chi connectivity index (χ4n) is 2.38. The third-order valence-electron chi connectivity index (χ3n) is 3.74. The first-order chi connectivity index (χ1) is 11.0. The zero-order valence-corrected chi connectivity index (χ0v) is 13.1. The summed E-state index contributed by atoms with van der Waals surface area (Å²) in [6.45, 7) is -0.0646. The van der Waals surface area contributed by atoms with Crippen molar-refractivity contribution in [3.63, 3.8) is 0 Å². The highest BCUT2D eigenvalue weighted by atomic mass is 16.1. The molecule has 0 aliphatic carbocycles. The van der Waals surface area contributed by atoms with Gasteiger partial charge in [-0.1, -0.05) is 36.4 Å². The molecule has 0 atom stereocenters. The highest BCUT2D eigenvalue weighted by molar-refractivity contribution is 5.99. The van der Waals surface area contributed by atoms with E-state index >= 15 is 0 Å². The van der Waals surface area contributed by atoms with Crippen molar-refractivity contribution in [2.24, 2.45) is 0 Å². The molecule has 23 heavy (non-hydrogen) atoms. The van der Waals surface area contributed by atoms with Gasteiger partial charge < -0.3 is 4.90 Å². The van der Waals surface area contributed by atoms with E-state index in [0.717, 1.165) is 10.8 Å². The molecule has 0 unspecified atom stereocenters. The van der Waals surface area contributed by atoms with E-state index in [0.29, 0.717) is 11.3 Å². The molecule has 0 saturated carbocycles. The number of rotatable bonds is 4. The number of benzene rings is 2. The molecule has 0 spiro atoms. The molecule has 0 amide bonds. The molecule has 3 aromatic rings. The Labute approximate surface area is 133 Å². The van der Waals surface area contributed by atoms with Gasteiger partial charge in [0.05, 0.1) is 11.9 Å². The molecule has 0 bridgehead atoms.